The molecule has 2 aromatic rings. The summed E-state index contributed by atoms with van der Waals surface area (Å²) in [6.07, 6.45) is 6.14. The first-order valence-electron chi connectivity index (χ1n) is 7.84. The molecule has 4 nitrogen and oxygen atoms in total. The molecule has 4 rings (SSSR count). The quantitative estimate of drug-likeness (QED) is 0.618. The maximum absolute atomic E-state index is 12.3. The Morgan fingerprint density at radius 2 is 1.96 bits per heavy atom. The van der Waals surface area contributed by atoms with E-state index < -0.39 is 0 Å². The van der Waals surface area contributed by atoms with Gasteiger partial charge in [-0.05, 0) is 0 Å². The number of aromatic hydroxyl groups is 1. The zero-order valence-electron chi connectivity index (χ0n) is 13.5. The summed E-state index contributed by atoms with van der Waals surface area (Å²) in [6, 6.07) is 11.1. The van der Waals surface area contributed by atoms with Crippen molar-refractivity contribution in [1.29, 1.82) is 0 Å². The number of carbonyl (C=O) groups excluding carboxylic acids is 1. The molecule has 5 heteroatoms. The number of ether oxygens (including phenoxy) is 1. The first kappa shape index (κ1) is 15.8. The van der Waals surface area contributed by atoms with Gasteiger partial charge in [-0.15, -0.1) is 0 Å². The molecule has 0 aliphatic carbocycles. The zero-order chi connectivity index (χ0) is 17.4. The van der Waals surface area contributed by atoms with Crippen LogP contribution in [0, 0.1) is 0 Å². The molecule has 126 valence electrons. The van der Waals surface area contributed by atoms with Crippen LogP contribution in [-0.4, -0.2) is 33.1 Å². The van der Waals surface area contributed by atoms with E-state index in [-0.39, 0.29) is 26.6 Å². The van der Waals surface area contributed by atoms with E-state index in [1.165, 1.54) is 11.6 Å². The van der Waals surface area contributed by atoms with Crippen LogP contribution in [-0.2, 0) is 4.79 Å². The summed E-state index contributed by atoms with van der Waals surface area (Å²) in [5, 5.41) is 12.7. The molecular formula is C20H17NO3Se. The first-order valence-corrected chi connectivity index (χ1v) is 10.1. The molecule has 1 amide bonds. The van der Waals surface area contributed by atoms with Crippen LogP contribution >= 0.6 is 0 Å². The predicted octanol–water partition coefficient (Wildman–Crippen LogP) is 2.98. The number of amides is 1. The van der Waals surface area contributed by atoms with Crippen molar-refractivity contribution in [3.05, 3.63) is 69.6 Å². The van der Waals surface area contributed by atoms with Crippen molar-refractivity contribution >= 4 is 32.1 Å². The third-order valence-corrected chi connectivity index (χ3v) is 6.34. The number of rotatable bonds is 3. The Hall–Kier alpha value is -2.75. The van der Waals surface area contributed by atoms with E-state index in [0.717, 1.165) is 28.0 Å². The number of allylic oxidation sites excluding steroid dienone is 4. The Morgan fingerprint density at radius 1 is 1.16 bits per heavy atom. The summed E-state index contributed by atoms with van der Waals surface area (Å²) in [4.78, 5) is 14.5. The maximum atomic E-state index is 12.3. The Bertz CT molecular complexity index is 973. The minimum absolute atomic E-state index is 0.0603. The number of phenolic OH excluding ortho intramolecular Hbond substituents is 1. The summed E-state index contributed by atoms with van der Waals surface area (Å²) in [7, 11) is 1.52. The van der Waals surface area contributed by atoms with E-state index >= 15 is 0 Å². The van der Waals surface area contributed by atoms with Crippen molar-refractivity contribution in [3.63, 3.8) is 0 Å². The van der Waals surface area contributed by atoms with Crippen molar-refractivity contribution in [2.45, 2.75) is 0 Å². The molecular weight excluding hydrogens is 381 g/mol. The summed E-state index contributed by atoms with van der Waals surface area (Å²) in [6.45, 7) is 0. The number of methoxy groups -OCH3 is 1. The van der Waals surface area contributed by atoms with Crippen molar-refractivity contribution in [2.75, 3.05) is 12.4 Å². The molecule has 2 N–H and O–H groups in total. The van der Waals surface area contributed by atoms with Crippen LogP contribution < -0.4 is 10.1 Å². The number of benzene rings is 2. The average Bonchev–Trinajstić information content (AvgIpc) is 3.23. The van der Waals surface area contributed by atoms with Gasteiger partial charge in [0.2, 0.25) is 0 Å². The third kappa shape index (κ3) is 2.88. The first-order chi connectivity index (χ1) is 12.2. The molecule has 2 aliphatic rings. The fourth-order valence-corrected chi connectivity index (χ4v) is 4.65. The number of hydrogen-bond donors (Lipinski definition) is 2. The van der Waals surface area contributed by atoms with Gasteiger partial charge in [0.15, 0.2) is 0 Å². The molecule has 0 spiro atoms. The molecule has 2 heterocycles. The van der Waals surface area contributed by atoms with E-state index in [9.17, 15) is 9.90 Å². The molecule has 2 aromatic carbocycles. The normalized spacial score (nSPS) is 18.4. The minimum atomic E-state index is -0.250. The van der Waals surface area contributed by atoms with Crippen LogP contribution in [0.2, 0.25) is 0 Å². The molecule has 0 radical (unpaired) electrons. The van der Waals surface area contributed by atoms with Crippen molar-refractivity contribution in [3.8, 4) is 22.6 Å². The second-order valence-corrected chi connectivity index (χ2v) is 8.30. The van der Waals surface area contributed by atoms with E-state index in [2.05, 4.69) is 22.4 Å². The molecule has 0 fully saturated rings. The Labute approximate surface area is 151 Å². The standard InChI is InChI=1S/C20H17NO3Se/c1-24-19-10-13(5-7-18(19)22)12-4-6-15-16(11-14-3-2-8-25-14)20(23)21-17(15)9-12/h2-11,22H,25H2,1H3,(H,21,23)/b16-11-. The fraction of sp³-hybridized carbons (Fsp3) is 0.0500. The molecule has 2 aliphatic heterocycles. The second kappa shape index (κ2) is 6.28. The number of carbonyl (C=O) groups is 1. The monoisotopic (exact) mass is 399 g/mol. The van der Waals surface area contributed by atoms with Gasteiger partial charge in [0.05, 0.1) is 0 Å². The molecule has 0 atom stereocenters. The van der Waals surface area contributed by atoms with Crippen molar-refractivity contribution in [1.82, 2.24) is 0 Å². The van der Waals surface area contributed by atoms with Gasteiger partial charge < -0.3 is 0 Å². The molecule has 0 saturated heterocycles. The van der Waals surface area contributed by atoms with E-state index in [4.69, 9.17) is 4.74 Å². The predicted molar refractivity (Wildman–Crippen MR) is 102 cm³/mol. The van der Waals surface area contributed by atoms with Gasteiger partial charge in [0.25, 0.3) is 0 Å². The van der Waals surface area contributed by atoms with Crippen molar-refractivity contribution in [2.24, 2.45) is 0 Å². The number of nitrogens with one attached hydrogen (secondary N) is 1. The fourth-order valence-electron chi connectivity index (χ4n) is 2.96. The topological polar surface area (TPSA) is 58.6 Å². The van der Waals surface area contributed by atoms with E-state index in [1.807, 2.05) is 30.3 Å². The third-order valence-electron chi connectivity index (χ3n) is 4.24. The molecule has 0 unspecified atom stereocenters. The summed E-state index contributed by atoms with van der Waals surface area (Å²) in [5.41, 5.74) is 4.34. The summed E-state index contributed by atoms with van der Waals surface area (Å²) < 4.78 is 6.43. The number of fused-ring (bicyclic) bond motifs is 1. The molecule has 0 saturated carbocycles. The van der Waals surface area contributed by atoms with Crippen LogP contribution in [0.4, 0.5) is 5.69 Å². The van der Waals surface area contributed by atoms with Gasteiger partial charge in [-0.2, -0.15) is 0 Å². The average molecular weight is 398 g/mol. The van der Waals surface area contributed by atoms with Gasteiger partial charge in [0, 0.05) is 0 Å². The SMILES string of the molecule is COc1cc(-c2ccc3c(c2)NC(=O)/C3=C\C2=CC=C[SeH2]2)ccc1O. The van der Waals surface area contributed by atoms with Crippen LogP contribution in [0.15, 0.2) is 64.1 Å². The van der Waals surface area contributed by atoms with Crippen LogP contribution in [0.5, 0.6) is 11.5 Å². The molecule has 0 aromatic heterocycles. The Kier molecular flexibility index (Phi) is 3.96. The van der Waals surface area contributed by atoms with E-state index in [0.29, 0.717) is 5.75 Å². The number of phenols is 1. The Balaban J connectivity index is 1.72. The zero-order valence-corrected chi connectivity index (χ0v) is 15.6. The Morgan fingerprint density at radius 3 is 2.72 bits per heavy atom. The van der Waals surface area contributed by atoms with Crippen LogP contribution in [0.25, 0.3) is 16.7 Å². The molecule has 25 heavy (non-hydrogen) atoms. The molecule has 0 bridgehead atoms. The van der Waals surface area contributed by atoms with Crippen LogP contribution in [0.1, 0.15) is 5.56 Å². The van der Waals surface area contributed by atoms with Gasteiger partial charge in [0.1, 0.15) is 0 Å². The van der Waals surface area contributed by atoms with Gasteiger partial charge in [-0.3, -0.25) is 0 Å². The van der Waals surface area contributed by atoms with Crippen molar-refractivity contribution < 1.29 is 14.6 Å². The summed E-state index contributed by atoms with van der Waals surface area (Å²) >= 11 is -0.250. The van der Waals surface area contributed by atoms with Gasteiger partial charge in [-0.25, -0.2) is 0 Å². The van der Waals surface area contributed by atoms with Crippen LogP contribution in [0.3, 0.4) is 0 Å². The second-order valence-electron chi connectivity index (χ2n) is 5.78. The summed E-state index contributed by atoms with van der Waals surface area (Å²) in [5.74, 6) is 0.468. The van der Waals surface area contributed by atoms with Gasteiger partial charge >= 0.3 is 151 Å². The number of hydrogen-bond acceptors (Lipinski definition) is 3. The van der Waals surface area contributed by atoms with E-state index in [1.54, 1.807) is 12.1 Å². The number of anilines is 1. The van der Waals surface area contributed by atoms with Gasteiger partial charge in [-0.1, -0.05) is 0 Å².